The van der Waals surface area contributed by atoms with Gasteiger partial charge in [0.25, 0.3) is 0 Å². The molecule has 0 aliphatic heterocycles. The third-order valence-electron chi connectivity index (χ3n) is 3.27. The van der Waals surface area contributed by atoms with Gasteiger partial charge in [-0.3, -0.25) is 0 Å². The molecule has 1 aromatic carbocycles. The van der Waals surface area contributed by atoms with E-state index < -0.39 is 5.97 Å². The van der Waals surface area contributed by atoms with E-state index in [9.17, 15) is 4.79 Å². The lowest BCUT2D eigenvalue weighted by atomic mass is 9.85. The van der Waals surface area contributed by atoms with Crippen LogP contribution >= 0.6 is 11.3 Å². The van der Waals surface area contributed by atoms with E-state index in [-0.39, 0.29) is 10.3 Å². The SMILES string of the molecule is CCc1ccc(Oc2csc(C(=O)O)c2)c(C(C)(C)C)c1. The fraction of sp³-hybridized carbons (Fsp3) is 0.353. The van der Waals surface area contributed by atoms with Gasteiger partial charge in [0.2, 0.25) is 0 Å². The van der Waals surface area contributed by atoms with Crippen molar-refractivity contribution in [3.8, 4) is 11.5 Å². The van der Waals surface area contributed by atoms with Crippen LogP contribution in [0.25, 0.3) is 0 Å². The van der Waals surface area contributed by atoms with Crippen LogP contribution in [-0.2, 0) is 11.8 Å². The molecule has 0 amide bonds. The molecule has 0 aliphatic rings. The summed E-state index contributed by atoms with van der Waals surface area (Å²) >= 11 is 1.17. The van der Waals surface area contributed by atoms with E-state index in [1.165, 1.54) is 16.9 Å². The fourth-order valence-electron chi connectivity index (χ4n) is 2.08. The molecule has 112 valence electrons. The van der Waals surface area contributed by atoms with E-state index in [1.54, 1.807) is 11.4 Å². The third-order valence-corrected chi connectivity index (χ3v) is 4.17. The van der Waals surface area contributed by atoms with Gasteiger partial charge in [0.15, 0.2) is 0 Å². The van der Waals surface area contributed by atoms with Crippen LogP contribution in [0.5, 0.6) is 11.5 Å². The quantitative estimate of drug-likeness (QED) is 0.855. The summed E-state index contributed by atoms with van der Waals surface area (Å²) in [6.07, 6.45) is 0.977. The van der Waals surface area contributed by atoms with Gasteiger partial charge in [-0.1, -0.05) is 39.8 Å². The molecule has 1 N–H and O–H groups in total. The van der Waals surface area contributed by atoms with Gasteiger partial charge in [-0.15, -0.1) is 11.3 Å². The van der Waals surface area contributed by atoms with Crippen molar-refractivity contribution in [1.82, 2.24) is 0 Å². The third kappa shape index (κ3) is 3.64. The summed E-state index contributed by atoms with van der Waals surface area (Å²) in [6, 6.07) is 7.75. The Morgan fingerprint density at radius 3 is 2.52 bits per heavy atom. The van der Waals surface area contributed by atoms with Crippen LogP contribution in [0.4, 0.5) is 0 Å². The monoisotopic (exact) mass is 304 g/mol. The first kappa shape index (κ1) is 15.6. The van der Waals surface area contributed by atoms with Gasteiger partial charge in [-0.25, -0.2) is 4.79 Å². The number of carboxylic acid groups (broad SMARTS) is 1. The second-order valence-electron chi connectivity index (χ2n) is 5.99. The molecule has 0 unspecified atom stereocenters. The molecule has 2 aromatic rings. The normalized spacial score (nSPS) is 11.4. The number of benzene rings is 1. The lowest BCUT2D eigenvalue weighted by Gasteiger charge is -2.23. The van der Waals surface area contributed by atoms with E-state index in [0.717, 1.165) is 17.7 Å². The molecule has 4 heteroatoms. The second kappa shape index (κ2) is 5.90. The van der Waals surface area contributed by atoms with Gasteiger partial charge in [0, 0.05) is 17.0 Å². The number of carbonyl (C=O) groups is 1. The predicted octanol–water partition coefficient (Wildman–Crippen LogP) is 5.10. The standard InChI is InChI=1S/C17H20O3S/c1-5-11-6-7-14(13(8-11)17(2,3)4)20-12-9-15(16(18)19)21-10-12/h6-10H,5H2,1-4H3,(H,18,19). The maximum absolute atomic E-state index is 10.9. The zero-order valence-electron chi connectivity index (χ0n) is 12.8. The highest BCUT2D eigenvalue weighted by molar-refractivity contribution is 7.12. The van der Waals surface area contributed by atoms with Gasteiger partial charge in [0.05, 0.1) is 0 Å². The maximum Gasteiger partial charge on any atom is 0.346 e. The van der Waals surface area contributed by atoms with Crippen LogP contribution < -0.4 is 4.74 Å². The van der Waals surface area contributed by atoms with Crippen molar-refractivity contribution in [2.24, 2.45) is 0 Å². The van der Waals surface area contributed by atoms with Crippen LogP contribution in [0.1, 0.15) is 48.5 Å². The molecule has 0 saturated heterocycles. The Morgan fingerprint density at radius 1 is 1.29 bits per heavy atom. The molecule has 0 saturated carbocycles. The van der Waals surface area contributed by atoms with Crippen LogP contribution in [0, 0.1) is 0 Å². The average molecular weight is 304 g/mol. The molecule has 1 aromatic heterocycles. The molecule has 3 nitrogen and oxygen atoms in total. The number of aryl methyl sites for hydroxylation is 1. The second-order valence-corrected chi connectivity index (χ2v) is 6.90. The number of hydrogen-bond donors (Lipinski definition) is 1. The lowest BCUT2D eigenvalue weighted by Crippen LogP contribution is -2.13. The van der Waals surface area contributed by atoms with Crippen LogP contribution in [0.15, 0.2) is 29.6 Å². The zero-order chi connectivity index (χ0) is 15.6. The highest BCUT2D eigenvalue weighted by atomic mass is 32.1. The van der Waals surface area contributed by atoms with E-state index in [4.69, 9.17) is 9.84 Å². The molecule has 0 radical (unpaired) electrons. The minimum Gasteiger partial charge on any atom is -0.477 e. The number of rotatable bonds is 4. The molecule has 0 spiro atoms. The summed E-state index contributed by atoms with van der Waals surface area (Å²) in [5.41, 5.74) is 2.36. The Kier molecular flexibility index (Phi) is 4.37. The minimum absolute atomic E-state index is 0.0356. The van der Waals surface area contributed by atoms with Crippen molar-refractivity contribution >= 4 is 17.3 Å². The molecule has 21 heavy (non-hydrogen) atoms. The highest BCUT2D eigenvalue weighted by Crippen LogP contribution is 2.36. The first-order valence-electron chi connectivity index (χ1n) is 6.94. The Hall–Kier alpha value is -1.81. The van der Waals surface area contributed by atoms with Gasteiger partial charge in [-0.2, -0.15) is 0 Å². The number of carboxylic acids is 1. The predicted molar refractivity (Wildman–Crippen MR) is 85.9 cm³/mol. The molecule has 0 aliphatic carbocycles. The Balaban J connectivity index is 2.36. The van der Waals surface area contributed by atoms with Crippen molar-refractivity contribution in [3.05, 3.63) is 45.6 Å². The Morgan fingerprint density at radius 2 is 2.00 bits per heavy atom. The smallest absolute Gasteiger partial charge is 0.346 e. The van der Waals surface area contributed by atoms with Crippen LogP contribution in [0.2, 0.25) is 0 Å². The molecule has 1 heterocycles. The van der Waals surface area contributed by atoms with Crippen LogP contribution in [0.3, 0.4) is 0 Å². The van der Waals surface area contributed by atoms with E-state index in [1.807, 2.05) is 6.07 Å². The van der Waals surface area contributed by atoms with E-state index >= 15 is 0 Å². The minimum atomic E-state index is -0.924. The van der Waals surface area contributed by atoms with Gasteiger partial charge in [0.1, 0.15) is 16.4 Å². The van der Waals surface area contributed by atoms with Gasteiger partial charge < -0.3 is 9.84 Å². The Bertz CT molecular complexity index is 650. The lowest BCUT2D eigenvalue weighted by molar-refractivity contribution is 0.0702. The molecular weight excluding hydrogens is 284 g/mol. The average Bonchev–Trinajstić information content (AvgIpc) is 2.86. The summed E-state index contributed by atoms with van der Waals surface area (Å²) in [5, 5.41) is 10.7. The largest absolute Gasteiger partial charge is 0.477 e. The number of aromatic carboxylic acids is 1. The van der Waals surface area contributed by atoms with Gasteiger partial charge in [-0.05, 0) is 23.5 Å². The first-order chi connectivity index (χ1) is 9.81. The number of hydrogen-bond acceptors (Lipinski definition) is 3. The van der Waals surface area contributed by atoms with Crippen molar-refractivity contribution in [2.75, 3.05) is 0 Å². The molecular formula is C17H20O3S. The Labute approximate surface area is 129 Å². The summed E-state index contributed by atoms with van der Waals surface area (Å²) in [5.74, 6) is 0.439. The van der Waals surface area contributed by atoms with Crippen LogP contribution in [-0.4, -0.2) is 11.1 Å². The molecule has 2 rings (SSSR count). The van der Waals surface area contributed by atoms with Gasteiger partial charge >= 0.3 is 5.97 Å². The van der Waals surface area contributed by atoms with E-state index in [0.29, 0.717) is 5.75 Å². The summed E-state index contributed by atoms with van der Waals surface area (Å²) in [6.45, 7) is 8.56. The highest BCUT2D eigenvalue weighted by Gasteiger charge is 2.20. The first-order valence-corrected chi connectivity index (χ1v) is 7.82. The maximum atomic E-state index is 10.9. The molecule has 0 atom stereocenters. The summed E-state index contributed by atoms with van der Waals surface area (Å²) in [7, 11) is 0. The number of ether oxygens (including phenoxy) is 1. The van der Waals surface area contributed by atoms with Crippen molar-refractivity contribution in [1.29, 1.82) is 0 Å². The fourth-order valence-corrected chi connectivity index (χ4v) is 2.73. The zero-order valence-corrected chi connectivity index (χ0v) is 13.6. The summed E-state index contributed by atoms with van der Waals surface area (Å²) < 4.78 is 5.91. The molecule has 0 bridgehead atoms. The topological polar surface area (TPSA) is 46.5 Å². The van der Waals surface area contributed by atoms with Crippen molar-refractivity contribution in [2.45, 2.75) is 39.5 Å². The van der Waals surface area contributed by atoms with Crippen molar-refractivity contribution < 1.29 is 14.6 Å². The van der Waals surface area contributed by atoms with Crippen molar-refractivity contribution in [3.63, 3.8) is 0 Å². The number of thiophene rings is 1. The van der Waals surface area contributed by atoms with E-state index in [2.05, 4.69) is 39.8 Å². The molecule has 0 fully saturated rings. The summed E-state index contributed by atoms with van der Waals surface area (Å²) in [4.78, 5) is 11.2.